The normalized spacial score (nSPS) is 11.0. The Kier molecular flexibility index (Phi) is 44.5. The van der Waals surface area contributed by atoms with E-state index < -0.39 is 11.9 Å². The largest absolute Gasteiger partial charge is 2.00 e. The third kappa shape index (κ3) is 49.0. The molecule has 0 aliphatic heterocycles. The van der Waals surface area contributed by atoms with Crippen LogP contribution in [0, 0.1) is 0 Å². The number of aliphatic carboxylic acids is 2. The minimum atomic E-state index is -0.914. The molecule has 0 aromatic carbocycles. The maximum absolute atomic E-state index is 10.2. The second-order valence-corrected chi connectivity index (χ2v) is 11.4. The van der Waals surface area contributed by atoms with Crippen molar-refractivity contribution in [1.82, 2.24) is 0 Å². The van der Waals surface area contributed by atoms with Crippen molar-refractivity contribution in [3.63, 3.8) is 0 Å². The van der Waals surface area contributed by atoms with Gasteiger partial charge >= 0.3 is 17.1 Å². The molecule has 0 bridgehead atoms. The number of rotatable bonds is 30. The van der Waals surface area contributed by atoms with Crippen molar-refractivity contribution < 1.29 is 36.9 Å². The van der Waals surface area contributed by atoms with Crippen molar-refractivity contribution in [3.8, 4) is 0 Å². The third-order valence-electron chi connectivity index (χ3n) is 7.29. The molecule has 0 heterocycles. The molecule has 0 spiro atoms. The van der Waals surface area contributed by atoms with Crippen LogP contribution < -0.4 is 10.2 Å². The predicted molar refractivity (Wildman–Crippen MR) is 169 cm³/mol. The van der Waals surface area contributed by atoms with Crippen LogP contribution in [0.3, 0.4) is 0 Å². The fourth-order valence-corrected chi connectivity index (χ4v) is 4.68. The van der Waals surface area contributed by atoms with Crippen LogP contribution in [-0.2, 0) is 26.7 Å². The third-order valence-corrected chi connectivity index (χ3v) is 7.29. The number of carboxylic acids is 2. The van der Waals surface area contributed by atoms with Gasteiger partial charge in [0.25, 0.3) is 0 Å². The monoisotopic (exact) mass is 617 g/mol. The second kappa shape index (κ2) is 41.1. The predicted octanol–water partition coefficient (Wildman–Crippen LogP) is 9.55. The Morgan fingerprint density at radius 2 is 0.610 bits per heavy atom. The number of unbranched alkanes of at least 4 members (excludes halogenated alkanes) is 22. The summed E-state index contributed by atoms with van der Waals surface area (Å²) in [6, 6.07) is 0. The van der Waals surface area contributed by atoms with Gasteiger partial charge in [0, 0.05) is 11.9 Å². The SMILES string of the molecule is CCCCCCCC/C=C/CCCCCCCC(=O)[O-].CCCCCCCC/C=C\CCCCCCCC(=O)[O-].[Mn+2]. The van der Waals surface area contributed by atoms with Gasteiger partial charge in [0.1, 0.15) is 0 Å². The van der Waals surface area contributed by atoms with E-state index in [0.29, 0.717) is 0 Å². The van der Waals surface area contributed by atoms with Crippen molar-refractivity contribution in [1.29, 1.82) is 0 Å². The first-order chi connectivity index (χ1) is 19.5. The summed E-state index contributed by atoms with van der Waals surface area (Å²) in [4.78, 5) is 20.4. The molecule has 4 nitrogen and oxygen atoms in total. The zero-order valence-corrected chi connectivity index (χ0v) is 28.3. The van der Waals surface area contributed by atoms with Crippen molar-refractivity contribution in [2.24, 2.45) is 0 Å². The maximum Gasteiger partial charge on any atom is 2.00 e. The number of carboxylic acid groups (broad SMARTS) is 2. The minimum Gasteiger partial charge on any atom is -0.550 e. The first-order valence-electron chi connectivity index (χ1n) is 17.2. The van der Waals surface area contributed by atoms with Crippen LogP contribution in [0.4, 0.5) is 0 Å². The Morgan fingerprint density at radius 3 is 0.854 bits per heavy atom. The van der Waals surface area contributed by atoms with E-state index in [2.05, 4.69) is 38.2 Å². The summed E-state index contributed by atoms with van der Waals surface area (Å²) in [5.41, 5.74) is 0. The van der Waals surface area contributed by atoms with Crippen LogP contribution >= 0.6 is 0 Å². The fourth-order valence-electron chi connectivity index (χ4n) is 4.68. The summed E-state index contributed by atoms with van der Waals surface area (Å²) < 4.78 is 0. The smallest absolute Gasteiger partial charge is 0.550 e. The van der Waals surface area contributed by atoms with Gasteiger partial charge in [-0.05, 0) is 77.0 Å². The Balaban J connectivity index is -0.000000688. The molecule has 1 radical (unpaired) electrons. The summed E-state index contributed by atoms with van der Waals surface area (Å²) >= 11 is 0. The van der Waals surface area contributed by atoms with Gasteiger partial charge in [0.05, 0.1) is 0 Å². The summed E-state index contributed by atoms with van der Waals surface area (Å²) in [6.07, 6.45) is 41.8. The quantitative estimate of drug-likeness (QED) is 0.0457. The molecule has 0 amide bonds. The topological polar surface area (TPSA) is 80.3 Å². The Bertz CT molecular complexity index is 524. The van der Waals surface area contributed by atoms with Crippen molar-refractivity contribution in [3.05, 3.63) is 24.3 Å². The van der Waals surface area contributed by atoms with Crippen LogP contribution in [0.2, 0.25) is 0 Å². The van der Waals surface area contributed by atoms with Crippen molar-refractivity contribution >= 4 is 11.9 Å². The van der Waals surface area contributed by atoms with Crippen LogP contribution in [0.1, 0.15) is 194 Å². The van der Waals surface area contributed by atoms with Crippen molar-refractivity contribution in [2.45, 2.75) is 194 Å². The Hall–Kier alpha value is -1.06. The van der Waals surface area contributed by atoms with Gasteiger partial charge in [-0.2, -0.15) is 0 Å². The first kappa shape index (κ1) is 44.4. The van der Waals surface area contributed by atoms with E-state index in [1.807, 2.05) is 0 Å². The summed E-state index contributed by atoms with van der Waals surface area (Å²) in [5.74, 6) is -1.83. The summed E-state index contributed by atoms with van der Waals surface area (Å²) in [7, 11) is 0. The van der Waals surface area contributed by atoms with Gasteiger partial charge in [-0.1, -0.05) is 141 Å². The number of hydrogen-bond acceptors (Lipinski definition) is 4. The van der Waals surface area contributed by atoms with Crippen LogP contribution in [0.25, 0.3) is 0 Å². The zero-order chi connectivity index (χ0) is 29.8. The summed E-state index contributed by atoms with van der Waals surface area (Å²) in [5, 5.41) is 20.4. The second-order valence-electron chi connectivity index (χ2n) is 11.4. The van der Waals surface area contributed by atoms with E-state index >= 15 is 0 Å². The Labute approximate surface area is 266 Å². The molecule has 0 aliphatic rings. The fraction of sp³-hybridized carbons (Fsp3) is 0.833. The molecule has 0 N–H and O–H groups in total. The van der Waals surface area contributed by atoms with Crippen LogP contribution in [0.15, 0.2) is 24.3 Å². The molecule has 0 fully saturated rings. The molecule has 0 saturated heterocycles. The number of allylic oxidation sites excluding steroid dienone is 4. The molecule has 0 aromatic heterocycles. The molecule has 0 atom stereocenters. The maximum atomic E-state index is 10.2. The van der Waals surface area contributed by atoms with E-state index in [9.17, 15) is 19.8 Å². The van der Waals surface area contributed by atoms with E-state index in [1.165, 1.54) is 128 Å². The summed E-state index contributed by atoms with van der Waals surface area (Å²) in [6.45, 7) is 4.51. The number of carbonyl (C=O) groups is 2. The number of hydrogen-bond donors (Lipinski definition) is 0. The van der Waals surface area contributed by atoms with Gasteiger partial charge < -0.3 is 19.8 Å². The van der Waals surface area contributed by atoms with Gasteiger partial charge in [0.2, 0.25) is 0 Å². The average molecular weight is 618 g/mol. The zero-order valence-electron chi connectivity index (χ0n) is 27.1. The molecular weight excluding hydrogens is 551 g/mol. The van der Waals surface area contributed by atoms with Crippen LogP contribution in [-0.4, -0.2) is 11.9 Å². The van der Waals surface area contributed by atoms with Gasteiger partial charge in [0.15, 0.2) is 0 Å². The molecule has 0 aliphatic carbocycles. The standard InChI is InChI=1S/2C18H34O2.Mn/c2*1-2-3-4-5-6-7-8-9-10-11-12-13-14-15-16-17-18(19)20;/h2*9-10H,2-8,11-17H2,1H3,(H,19,20);/q;;+2/p-2/b10-9+;10-9-;. The Morgan fingerprint density at radius 1 is 0.390 bits per heavy atom. The van der Waals surface area contributed by atoms with E-state index in [4.69, 9.17) is 0 Å². The van der Waals surface area contributed by atoms with E-state index in [1.54, 1.807) is 0 Å². The molecular formula is C36H66MnO4. The molecule has 0 unspecified atom stereocenters. The number of carbonyl (C=O) groups excluding carboxylic acids is 2. The van der Waals surface area contributed by atoms with E-state index in [-0.39, 0.29) is 29.9 Å². The van der Waals surface area contributed by atoms with Crippen molar-refractivity contribution in [2.75, 3.05) is 0 Å². The molecule has 241 valence electrons. The molecule has 0 saturated carbocycles. The van der Waals surface area contributed by atoms with E-state index in [0.717, 1.165) is 38.5 Å². The minimum absolute atomic E-state index is 0. The molecule has 0 aromatic rings. The van der Waals surface area contributed by atoms with Gasteiger partial charge in [-0.3, -0.25) is 0 Å². The van der Waals surface area contributed by atoms with Gasteiger partial charge in [-0.25, -0.2) is 0 Å². The molecule has 41 heavy (non-hydrogen) atoms. The average Bonchev–Trinajstić information content (AvgIpc) is 2.93. The molecule has 5 heteroatoms. The van der Waals surface area contributed by atoms with Crippen LogP contribution in [0.5, 0.6) is 0 Å². The van der Waals surface area contributed by atoms with Gasteiger partial charge in [-0.15, -0.1) is 0 Å². The molecule has 0 rings (SSSR count). The first-order valence-corrected chi connectivity index (χ1v) is 17.2.